The van der Waals surface area contributed by atoms with E-state index in [2.05, 4.69) is 9.97 Å². The minimum atomic E-state index is -0.192. The van der Waals surface area contributed by atoms with Crippen LogP contribution in [0, 0.1) is 0 Å². The van der Waals surface area contributed by atoms with Gasteiger partial charge in [0.05, 0.1) is 11.0 Å². The Morgan fingerprint density at radius 2 is 1.58 bits per heavy atom. The third kappa shape index (κ3) is 2.06. The first-order valence-electron chi connectivity index (χ1n) is 5.95. The number of anilines is 3. The van der Waals surface area contributed by atoms with E-state index in [0.29, 0.717) is 0 Å². The standard InChI is InChI=1S/C14H14N4O/c1-18(10-4-2-9(15)3-5-10)11-6-7-12-13(8-11)17-14(19)16-12/h2-8H,15H2,1H3,(H2,16,17,19). The van der Waals surface area contributed by atoms with Crippen LogP contribution < -0.4 is 16.3 Å². The number of benzene rings is 2. The first-order chi connectivity index (χ1) is 9.13. The lowest BCUT2D eigenvalue weighted by molar-refractivity contribution is 1.21. The lowest BCUT2D eigenvalue weighted by Gasteiger charge is -2.19. The lowest BCUT2D eigenvalue weighted by atomic mass is 10.2. The maximum Gasteiger partial charge on any atom is 0.323 e. The smallest absolute Gasteiger partial charge is 0.323 e. The summed E-state index contributed by atoms with van der Waals surface area (Å²) in [6.07, 6.45) is 0. The molecular formula is C14H14N4O. The van der Waals surface area contributed by atoms with Gasteiger partial charge in [0, 0.05) is 24.1 Å². The summed E-state index contributed by atoms with van der Waals surface area (Å²) < 4.78 is 0. The topological polar surface area (TPSA) is 77.9 Å². The van der Waals surface area contributed by atoms with Crippen molar-refractivity contribution in [2.75, 3.05) is 17.7 Å². The molecular weight excluding hydrogens is 240 g/mol. The van der Waals surface area contributed by atoms with Crippen molar-refractivity contribution in [2.24, 2.45) is 0 Å². The fourth-order valence-corrected chi connectivity index (χ4v) is 2.08. The van der Waals surface area contributed by atoms with Gasteiger partial charge in [-0.05, 0) is 42.5 Å². The van der Waals surface area contributed by atoms with Crippen LogP contribution in [0.5, 0.6) is 0 Å². The summed E-state index contributed by atoms with van der Waals surface area (Å²) in [5.41, 5.74) is 9.85. The number of nitrogens with two attached hydrogens (primary N) is 1. The van der Waals surface area contributed by atoms with Gasteiger partial charge in [-0.15, -0.1) is 0 Å². The molecule has 3 rings (SSSR count). The van der Waals surface area contributed by atoms with E-state index in [1.54, 1.807) is 0 Å². The monoisotopic (exact) mass is 254 g/mol. The van der Waals surface area contributed by atoms with Crippen molar-refractivity contribution in [3.63, 3.8) is 0 Å². The molecule has 0 aliphatic rings. The number of aromatic amines is 2. The second-order valence-corrected chi connectivity index (χ2v) is 4.46. The Morgan fingerprint density at radius 3 is 2.32 bits per heavy atom. The molecule has 0 aliphatic heterocycles. The first kappa shape index (κ1) is 11.4. The number of rotatable bonds is 2. The number of aromatic nitrogens is 2. The third-order valence-corrected chi connectivity index (χ3v) is 3.17. The molecule has 5 heteroatoms. The van der Waals surface area contributed by atoms with Crippen molar-refractivity contribution < 1.29 is 0 Å². The van der Waals surface area contributed by atoms with Gasteiger partial charge in [-0.25, -0.2) is 4.79 Å². The number of fused-ring (bicyclic) bond motifs is 1. The van der Waals surface area contributed by atoms with Crippen LogP contribution in [0.15, 0.2) is 47.3 Å². The number of nitrogens with zero attached hydrogens (tertiary/aromatic N) is 1. The Labute approximate surface area is 109 Å². The summed E-state index contributed by atoms with van der Waals surface area (Å²) >= 11 is 0. The fourth-order valence-electron chi connectivity index (χ4n) is 2.08. The average molecular weight is 254 g/mol. The summed E-state index contributed by atoms with van der Waals surface area (Å²) in [7, 11) is 1.97. The molecule has 0 atom stereocenters. The van der Waals surface area contributed by atoms with Crippen molar-refractivity contribution >= 4 is 28.1 Å². The Hall–Kier alpha value is -2.69. The molecule has 0 bridgehead atoms. The fraction of sp³-hybridized carbons (Fsp3) is 0.0714. The molecule has 5 nitrogen and oxygen atoms in total. The number of imidazole rings is 1. The van der Waals surface area contributed by atoms with Crippen LogP contribution in [0.3, 0.4) is 0 Å². The van der Waals surface area contributed by atoms with Crippen molar-refractivity contribution in [1.29, 1.82) is 0 Å². The number of H-pyrrole nitrogens is 2. The van der Waals surface area contributed by atoms with Gasteiger partial charge in [0.2, 0.25) is 0 Å². The maximum atomic E-state index is 11.2. The van der Waals surface area contributed by atoms with E-state index in [1.165, 1.54) is 0 Å². The molecule has 0 saturated carbocycles. The van der Waals surface area contributed by atoms with Crippen molar-refractivity contribution in [1.82, 2.24) is 9.97 Å². The summed E-state index contributed by atoms with van der Waals surface area (Å²) in [6, 6.07) is 13.4. The second kappa shape index (κ2) is 4.20. The number of hydrogen-bond acceptors (Lipinski definition) is 3. The third-order valence-electron chi connectivity index (χ3n) is 3.17. The first-order valence-corrected chi connectivity index (χ1v) is 5.95. The van der Waals surface area contributed by atoms with Gasteiger partial charge >= 0.3 is 5.69 Å². The highest BCUT2D eigenvalue weighted by Gasteiger charge is 2.06. The number of nitrogen functional groups attached to an aromatic ring is 1. The molecule has 96 valence electrons. The molecule has 0 radical (unpaired) electrons. The van der Waals surface area contributed by atoms with Gasteiger partial charge < -0.3 is 20.6 Å². The van der Waals surface area contributed by atoms with Gasteiger partial charge in [0.1, 0.15) is 0 Å². The van der Waals surface area contributed by atoms with E-state index < -0.39 is 0 Å². The summed E-state index contributed by atoms with van der Waals surface area (Å²) in [5, 5.41) is 0. The van der Waals surface area contributed by atoms with Crippen molar-refractivity contribution in [2.45, 2.75) is 0 Å². The Bertz CT molecular complexity index is 770. The average Bonchev–Trinajstić information content (AvgIpc) is 2.77. The van der Waals surface area contributed by atoms with Crippen LogP contribution in [0.25, 0.3) is 11.0 Å². The van der Waals surface area contributed by atoms with Crippen LogP contribution >= 0.6 is 0 Å². The normalized spacial score (nSPS) is 10.8. The Kier molecular flexibility index (Phi) is 2.52. The van der Waals surface area contributed by atoms with Crippen LogP contribution in [-0.2, 0) is 0 Å². The van der Waals surface area contributed by atoms with Crippen LogP contribution in [0.1, 0.15) is 0 Å². The largest absolute Gasteiger partial charge is 0.399 e. The zero-order valence-corrected chi connectivity index (χ0v) is 10.5. The predicted molar refractivity (Wildman–Crippen MR) is 77.8 cm³/mol. The molecule has 0 unspecified atom stereocenters. The molecule has 0 fully saturated rings. The molecule has 1 heterocycles. The highest BCUT2D eigenvalue weighted by molar-refractivity contribution is 5.80. The van der Waals surface area contributed by atoms with E-state index in [0.717, 1.165) is 28.1 Å². The summed E-state index contributed by atoms with van der Waals surface area (Å²) in [4.78, 5) is 18.8. The minimum Gasteiger partial charge on any atom is -0.399 e. The minimum absolute atomic E-state index is 0.192. The maximum absolute atomic E-state index is 11.2. The molecule has 0 amide bonds. The van der Waals surface area contributed by atoms with Crippen molar-refractivity contribution in [3.05, 3.63) is 52.9 Å². The van der Waals surface area contributed by atoms with Crippen LogP contribution in [-0.4, -0.2) is 17.0 Å². The van der Waals surface area contributed by atoms with Crippen LogP contribution in [0.2, 0.25) is 0 Å². The highest BCUT2D eigenvalue weighted by Crippen LogP contribution is 2.26. The van der Waals surface area contributed by atoms with Gasteiger partial charge in [0.15, 0.2) is 0 Å². The van der Waals surface area contributed by atoms with E-state index >= 15 is 0 Å². The van der Waals surface area contributed by atoms with Gasteiger partial charge in [-0.1, -0.05) is 0 Å². The predicted octanol–water partition coefficient (Wildman–Crippen LogP) is 2.21. The summed E-state index contributed by atoms with van der Waals surface area (Å²) in [5.74, 6) is 0. The zero-order chi connectivity index (χ0) is 13.4. The molecule has 19 heavy (non-hydrogen) atoms. The second-order valence-electron chi connectivity index (χ2n) is 4.46. The summed E-state index contributed by atoms with van der Waals surface area (Å²) in [6.45, 7) is 0. The molecule has 0 saturated heterocycles. The van der Waals surface area contributed by atoms with Crippen molar-refractivity contribution in [3.8, 4) is 0 Å². The molecule has 3 aromatic rings. The van der Waals surface area contributed by atoms with Crippen LogP contribution in [0.4, 0.5) is 17.1 Å². The Balaban J connectivity index is 2.03. The quantitative estimate of drug-likeness (QED) is 0.613. The van der Waals surface area contributed by atoms with E-state index in [4.69, 9.17) is 5.73 Å². The number of hydrogen-bond donors (Lipinski definition) is 3. The Morgan fingerprint density at radius 1 is 0.947 bits per heavy atom. The van der Waals surface area contributed by atoms with Gasteiger partial charge in [0.25, 0.3) is 0 Å². The molecule has 0 aliphatic carbocycles. The van der Waals surface area contributed by atoms with Gasteiger partial charge in [-0.2, -0.15) is 0 Å². The van der Waals surface area contributed by atoms with E-state index in [-0.39, 0.29) is 5.69 Å². The van der Waals surface area contributed by atoms with E-state index in [1.807, 2.05) is 54.4 Å². The lowest BCUT2D eigenvalue weighted by Crippen LogP contribution is -2.09. The number of nitrogens with one attached hydrogen (secondary N) is 2. The molecule has 0 spiro atoms. The molecule has 4 N–H and O–H groups in total. The zero-order valence-electron chi connectivity index (χ0n) is 10.5. The van der Waals surface area contributed by atoms with E-state index in [9.17, 15) is 4.79 Å². The molecule has 2 aromatic carbocycles. The SMILES string of the molecule is CN(c1ccc(N)cc1)c1ccc2[nH]c(=O)[nH]c2c1. The highest BCUT2D eigenvalue weighted by atomic mass is 16.1. The van der Waals surface area contributed by atoms with Gasteiger partial charge in [-0.3, -0.25) is 0 Å². The molecule has 1 aromatic heterocycles.